The average molecular weight is 284 g/mol. The third-order valence-corrected chi connectivity index (χ3v) is 3.32. The van der Waals surface area contributed by atoms with Gasteiger partial charge in [-0.1, -0.05) is 48.6 Å². The van der Waals surface area contributed by atoms with Gasteiger partial charge in [-0.3, -0.25) is 9.97 Å². The summed E-state index contributed by atoms with van der Waals surface area (Å²) in [4.78, 5) is 8.06. The van der Waals surface area contributed by atoms with Crippen molar-refractivity contribution >= 4 is 24.3 Å². The maximum atomic E-state index is 4.03. The van der Waals surface area contributed by atoms with Crippen LogP contribution in [0.15, 0.2) is 73.3 Å². The largest absolute Gasteiger partial charge is 0.265 e. The summed E-state index contributed by atoms with van der Waals surface area (Å²) in [6.07, 6.45) is 15.7. The number of nitrogens with zero attached hydrogens (tertiary/aromatic N) is 2. The Morgan fingerprint density at radius 2 is 0.909 bits per heavy atom. The number of aromatic nitrogens is 2. The van der Waals surface area contributed by atoms with Gasteiger partial charge in [-0.25, -0.2) is 0 Å². The Balaban J connectivity index is 1.84. The number of rotatable bonds is 4. The molecule has 0 saturated carbocycles. The molecule has 0 radical (unpaired) electrons. The molecule has 0 bridgehead atoms. The van der Waals surface area contributed by atoms with Crippen LogP contribution in [0.3, 0.4) is 0 Å². The molecule has 1 aromatic carbocycles. The second-order valence-corrected chi connectivity index (χ2v) is 4.86. The molecule has 106 valence electrons. The standard InChI is InChI=1S/C20H16N2/c1-2-4-20(8-6-18-11-15-22-16-12-18)19(3-1)7-5-17-9-13-21-14-10-17/h1-16H/b7-5-,8-6+. The SMILES string of the molecule is C(=C/c1ccccc1/C=C/c1ccncc1)/c1ccncc1. The Labute approximate surface area is 130 Å². The monoisotopic (exact) mass is 284 g/mol. The molecule has 0 aliphatic carbocycles. The Kier molecular flexibility index (Phi) is 4.53. The molecule has 2 heterocycles. The Morgan fingerprint density at radius 1 is 0.500 bits per heavy atom. The summed E-state index contributed by atoms with van der Waals surface area (Å²) in [5.74, 6) is 0. The Hall–Kier alpha value is -3.00. The van der Waals surface area contributed by atoms with Gasteiger partial charge in [0.15, 0.2) is 0 Å². The van der Waals surface area contributed by atoms with Crippen molar-refractivity contribution in [2.24, 2.45) is 0 Å². The molecular weight excluding hydrogens is 268 g/mol. The van der Waals surface area contributed by atoms with E-state index in [1.165, 1.54) is 11.1 Å². The van der Waals surface area contributed by atoms with Gasteiger partial charge in [-0.15, -0.1) is 0 Å². The van der Waals surface area contributed by atoms with Gasteiger partial charge in [-0.2, -0.15) is 0 Å². The summed E-state index contributed by atoms with van der Waals surface area (Å²) in [5, 5.41) is 0. The number of pyridine rings is 2. The number of hydrogen-bond acceptors (Lipinski definition) is 2. The van der Waals surface area contributed by atoms with E-state index in [4.69, 9.17) is 0 Å². The van der Waals surface area contributed by atoms with Crippen molar-refractivity contribution < 1.29 is 0 Å². The van der Waals surface area contributed by atoms with Crippen LogP contribution in [0.4, 0.5) is 0 Å². The Morgan fingerprint density at radius 3 is 1.32 bits per heavy atom. The zero-order valence-corrected chi connectivity index (χ0v) is 12.1. The molecule has 0 fully saturated rings. The van der Waals surface area contributed by atoms with Gasteiger partial charge in [-0.05, 0) is 46.5 Å². The first kappa shape index (κ1) is 14.0. The van der Waals surface area contributed by atoms with Crippen molar-refractivity contribution in [1.82, 2.24) is 9.97 Å². The van der Waals surface area contributed by atoms with Crippen LogP contribution in [-0.4, -0.2) is 9.97 Å². The van der Waals surface area contributed by atoms with Gasteiger partial charge in [0.1, 0.15) is 0 Å². The fraction of sp³-hybridized carbons (Fsp3) is 0. The molecule has 0 amide bonds. The van der Waals surface area contributed by atoms with Gasteiger partial charge < -0.3 is 0 Å². The highest BCUT2D eigenvalue weighted by atomic mass is 14.6. The van der Waals surface area contributed by atoms with Crippen LogP contribution >= 0.6 is 0 Å². The van der Waals surface area contributed by atoms with Crippen LogP contribution in [0.2, 0.25) is 0 Å². The summed E-state index contributed by atoms with van der Waals surface area (Å²) in [5.41, 5.74) is 4.65. The smallest absolute Gasteiger partial charge is 0.0273 e. The quantitative estimate of drug-likeness (QED) is 0.686. The second kappa shape index (κ2) is 7.14. The van der Waals surface area contributed by atoms with Gasteiger partial charge in [0.05, 0.1) is 0 Å². The van der Waals surface area contributed by atoms with E-state index in [9.17, 15) is 0 Å². The molecule has 0 saturated heterocycles. The highest BCUT2D eigenvalue weighted by Crippen LogP contribution is 2.16. The van der Waals surface area contributed by atoms with E-state index in [0.29, 0.717) is 0 Å². The van der Waals surface area contributed by atoms with Crippen LogP contribution < -0.4 is 0 Å². The van der Waals surface area contributed by atoms with Crippen LogP contribution in [0, 0.1) is 0 Å². The van der Waals surface area contributed by atoms with E-state index in [0.717, 1.165) is 11.1 Å². The predicted octanol–water partition coefficient (Wildman–Crippen LogP) is 4.82. The minimum atomic E-state index is 1.14. The third kappa shape index (κ3) is 3.76. The highest BCUT2D eigenvalue weighted by Gasteiger charge is 1.95. The summed E-state index contributed by atoms with van der Waals surface area (Å²) < 4.78 is 0. The minimum absolute atomic E-state index is 1.14. The van der Waals surface area contributed by atoms with Gasteiger partial charge in [0.25, 0.3) is 0 Å². The molecule has 0 aliphatic rings. The van der Waals surface area contributed by atoms with Crippen molar-refractivity contribution in [3.8, 4) is 0 Å². The molecule has 2 nitrogen and oxygen atoms in total. The molecule has 0 spiro atoms. The summed E-state index contributed by atoms with van der Waals surface area (Å²) in [6.45, 7) is 0. The van der Waals surface area contributed by atoms with Crippen molar-refractivity contribution in [1.29, 1.82) is 0 Å². The predicted molar refractivity (Wildman–Crippen MR) is 92.8 cm³/mol. The minimum Gasteiger partial charge on any atom is -0.265 e. The molecule has 2 heteroatoms. The van der Waals surface area contributed by atoms with E-state index in [-0.39, 0.29) is 0 Å². The topological polar surface area (TPSA) is 25.8 Å². The molecule has 3 aromatic rings. The summed E-state index contributed by atoms with van der Waals surface area (Å²) >= 11 is 0. The second-order valence-electron chi connectivity index (χ2n) is 4.86. The van der Waals surface area contributed by atoms with Crippen molar-refractivity contribution in [2.45, 2.75) is 0 Å². The van der Waals surface area contributed by atoms with Gasteiger partial charge in [0.2, 0.25) is 0 Å². The van der Waals surface area contributed by atoms with Crippen LogP contribution in [-0.2, 0) is 0 Å². The van der Waals surface area contributed by atoms with Crippen LogP contribution in [0.25, 0.3) is 24.3 Å². The van der Waals surface area contributed by atoms with E-state index in [1.807, 2.05) is 24.3 Å². The lowest BCUT2D eigenvalue weighted by Gasteiger charge is -2.01. The van der Waals surface area contributed by atoms with E-state index in [2.05, 4.69) is 58.5 Å². The average Bonchev–Trinajstić information content (AvgIpc) is 2.61. The maximum Gasteiger partial charge on any atom is 0.0273 e. The Bertz CT molecular complexity index is 707. The van der Waals surface area contributed by atoms with Crippen LogP contribution in [0.1, 0.15) is 22.3 Å². The van der Waals surface area contributed by atoms with E-state index >= 15 is 0 Å². The van der Waals surface area contributed by atoms with Crippen molar-refractivity contribution in [3.05, 3.63) is 95.6 Å². The van der Waals surface area contributed by atoms with Crippen molar-refractivity contribution in [2.75, 3.05) is 0 Å². The fourth-order valence-electron chi connectivity index (χ4n) is 2.14. The number of hydrogen-bond donors (Lipinski definition) is 0. The molecular formula is C20H16N2. The van der Waals surface area contributed by atoms with Gasteiger partial charge >= 0.3 is 0 Å². The first-order valence-electron chi connectivity index (χ1n) is 7.17. The molecule has 2 aromatic heterocycles. The third-order valence-electron chi connectivity index (χ3n) is 3.32. The lowest BCUT2D eigenvalue weighted by atomic mass is 10.0. The van der Waals surface area contributed by atoms with E-state index < -0.39 is 0 Å². The number of benzene rings is 1. The van der Waals surface area contributed by atoms with Gasteiger partial charge in [0, 0.05) is 24.8 Å². The molecule has 0 atom stereocenters. The first-order chi connectivity index (χ1) is 10.9. The molecule has 0 aliphatic heterocycles. The zero-order chi connectivity index (χ0) is 15.0. The highest BCUT2D eigenvalue weighted by molar-refractivity contribution is 5.79. The lowest BCUT2D eigenvalue weighted by molar-refractivity contribution is 1.32. The molecule has 22 heavy (non-hydrogen) atoms. The molecule has 0 N–H and O–H groups in total. The summed E-state index contributed by atoms with van der Waals surface area (Å²) in [7, 11) is 0. The lowest BCUT2D eigenvalue weighted by Crippen LogP contribution is -1.80. The molecule has 3 rings (SSSR count). The molecule has 0 unspecified atom stereocenters. The zero-order valence-electron chi connectivity index (χ0n) is 12.1. The van der Waals surface area contributed by atoms with Crippen molar-refractivity contribution in [3.63, 3.8) is 0 Å². The fourth-order valence-corrected chi connectivity index (χ4v) is 2.14. The normalized spacial score (nSPS) is 11.3. The van der Waals surface area contributed by atoms with Crippen LogP contribution in [0.5, 0.6) is 0 Å². The van der Waals surface area contributed by atoms with E-state index in [1.54, 1.807) is 24.8 Å². The summed E-state index contributed by atoms with van der Waals surface area (Å²) in [6, 6.07) is 16.3. The maximum absolute atomic E-state index is 4.03. The first-order valence-corrected chi connectivity index (χ1v) is 7.17.